The van der Waals surface area contributed by atoms with Gasteiger partial charge in [0, 0.05) is 44.7 Å². The molecule has 1 fully saturated rings. The minimum atomic E-state index is -0.851. The SMILES string of the molecule is CCOC(=O)C1CCCN(C(=O)C(=O)Nc2cc(NCCNC(C)=O)nc(-c3ccccc3)n2)C1. The van der Waals surface area contributed by atoms with Crippen LogP contribution in [0.4, 0.5) is 11.6 Å². The molecular weight excluding hydrogens is 452 g/mol. The molecule has 0 spiro atoms. The van der Waals surface area contributed by atoms with Gasteiger partial charge in [0.15, 0.2) is 5.82 Å². The van der Waals surface area contributed by atoms with E-state index in [9.17, 15) is 19.2 Å². The number of nitrogens with one attached hydrogen (secondary N) is 3. The second-order valence-corrected chi connectivity index (χ2v) is 8.03. The van der Waals surface area contributed by atoms with Crippen molar-refractivity contribution >= 4 is 35.3 Å². The van der Waals surface area contributed by atoms with Crippen molar-refractivity contribution in [2.45, 2.75) is 26.7 Å². The van der Waals surface area contributed by atoms with E-state index in [0.717, 1.165) is 5.56 Å². The van der Waals surface area contributed by atoms with E-state index in [2.05, 4.69) is 25.9 Å². The summed E-state index contributed by atoms with van der Waals surface area (Å²) in [4.78, 5) is 59.0. The van der Waals surface area contributed by atoms with Gasteiger partial charge in [-0.15, -0.1) is 0 Å². The third-order valence-electron chi connectivity index (χ3n) is 5.33. The second-order valence-electron chi connectivity index (χ2n) is 8.03. The van der Waals surface area contributed by atoms with Crippen molar-refractivity contribution in [3.8, 4) is 11.4 Å². The maximum Gasteiger partial charge on any atom is 0.315 e. The predicted octanol–water partition coefficient (Wildman–Crippen LogP) is 1.43. The van der Waals surface area contributed by atoms with E-state index in [-0.39, 0.29) is 30.8 Å². The van der Waals surface area contributed by atoms with Crippen LogP contribution in [-0.2, 0) is 23.9 Å². The minimum absolute atomic E-state index is 0.139. The highest BCUT2D eigenvalue weighted by Crippen LogP contribution is 2.21. The van der Waals surface area contributed by atoms with Gasteiger partial charge >= 0.3 is 17.8 Å². The number of aromatic nitrogens is 2. The van der Waals surface area contributed by atoms with Crippen LogP contribution in [-0.4, -0.2) is 71.3 Å². The number of hydrogen-bond donors (Lipinski definition) is 3. The van der Waals surface area contributed by atoms with Gasteiger partial charge in [-0.2, -0.15) is 0 Å². The van der Waals surface area contributed by atoms with Gasteiger partial charge in [-0.3, -0.25) is 19.2 Å². The summed E-state index contributed by atoms with van der Waals surface area (Å²) in [6.45, 7) is 4.74. The van der Waals surface area contributed by atoms with Crippen molar-refractivity contribution in [2.24, 2.45) is 5.92 Å². The molecule has 3 amide bonds. The van der Waals surface area contributed by atoms with Crippen molar-refractivity contribution in [1.29, 1.82) is 0 Å². The van der Waals surface area contributed by atoms with Crippen molar-refractivity contribution in [2.75, 3.05) is 43.4 Å². The molecule has 0 bridgehead atoms. The molecule has 2 aromatic rings. The molecule has 1 aromatic carbocycles. The van der Waals surface area contributed by atoms with Crippen LogP contribution in [0.5, 0.6) is 0 Å². The van der Waals surface area contributed by atoms with Crippen molar-refractivity contribution in [3.05, 3.63) is 36.4 Å². The molecule has 2 heterocycles. The number of hydrogen-bond acceptors (Lipinski definition) is 8. The fourth-order valence-electron chi connectivity index (χ4n) is 3.67. The van der Waals surface area contributed by atoms with E-state index in [1.54, 1.807) is 6.92 Å². The summed E-state index contributed by atoms with van der Waals surface area (Å²) in [5.41, 5.74) is 0.730. The third-order valence-corrected chi connectivity index (χ3v) is 5.33. The molecule has 0 saturated carbocycles. The van der Waals surface area contributed by atoms with Crippen LogP contribution in [0.25, 0.3) is 11.4 Å². The number of esters is 1. The Hall–Kier alpha value is -4.02. The molecule has 35 heavy (non-hydrogen) atoms. The Morgan fingerprint density at radius 2 is 1.83 bits per heavy atom. The first kappa shape index (κ1) is 25.6. The third kappa shape index (κ3) is 7.49. The van der Waals surface area contributed by atoms with Gasteiger partial charge in [0.05, 0.1) is 12.5 Å². The number of ether oxygens (including phenoxy) is 1. The van der Waals surface area contributed by atoms with Gasteiger partial charge in [-0.25, -0.2) is 9.97 Å². The molecule has 1 aliphatic heterocycles. The van der Waals surface area contributed by atoms with Crippen LogP contribution in [0.2, 0.25) is 0 Å². The number of amides is 3. The van der Waals surface area contributed by atoms with Crippen LogP contribution < -0.4 is 16.0 Å². The molecule has 0 aliphatic carbocycles. The zero-order chi connectivity index (χ0) is 25.2. The number of piperidine rings is 1. The van der Waals surface area contributed by atoms with Crippen molar-refractivity contribution in [1.82, 2.24) is 20.2 Å². The highest BCUT2D eigenvalue weighted by Gasteiger charge is 2.32. The zero-order valence-electron chi connectivity index (χ0n) is 19.9. The van der Waals surface area contributed by atoms with Crippen molar-refractivity contribution < 1.29 is 23.9 Å². The number of carbonyl (C=O) groups excluding carboxylic acids is 4. The summed E-state index contributed by atoms with van der Waals surface area (Å²) < 4.78 is 5.06. The van der Waals surface area contributed by atoms with Crippen LogP contribution in [0.3, 0.4) is 0 Å². The molecule has 1 atom stereocenters. The van der Waals surface area contributed by atoms with Gasteiger partial charge in [0.25, 0.3) is 0 Å². The average Bonchev–Trinajstić information content (AvgIpc) is 2.86. The van der Waals surface area contributed by atoms with Gasteiger partial charge in [0.2, 0.25) is 5.91 Å². The summed E-state index contributed by atoms with van der Waals surface area (Å²) in [5.74, 6) is -1.60. The Bertz CT molecular complexity index is 1060. The van der Waals surface area contributed by atoms with E-state index in [1.807, 2.05) is 30.3 Å². The van der Waals surface area contributed by atoms with E-state index in [4.69, 9.17) is 4.74 Å². The first-order valence-corrected chi connectivity index (χ1v) is 11.6. The van der Waals surface area contributed by atoms with Crippen LogP contribution in [0.1, 0.15) is 26.7 Å². The minimum Gasteiger partial charge on any atom is -0.466 e. The van der Waals surface area contributed by atoms with Gasteiger partial charge < -0.3 is 25.6 Å². The molecule has 1 aromatic heterocycles. The number of nitrogens with zero attached hydrogens (tertiary/aromatic N) is 3. The van der Waals surface area contributed by atoms with E-state index >= 15 is 0 Å². The maximum absolute atomic E-state index is 12.8. The van der Waals surface area contributed by atoms with Gasteiger partial charge in [-0.1, -0.05) is 30.3 Å². The lowest BCUT2D eigenvalue weighted by Gasteiger charge is -2.30. The normalized spacial score (nSPS) is 15.1. The van der Waals surface area contributed by atoms with Crippen LogP contribution in [0.15, 0.2) is 36.4 Å². The molecular formula is C24H30N6O5. The number of likely N-dealkylation sites (tertiary alicyclic amines) is 1. The van der Waals surface area contributed by atoms with Crippen LogP contribution in [0, 0.1) is 5.92 Å². The Morgan fingerprint density at radius 3 is 2.54 bits per heavy atom. The Morgan fingerprint density at radius 1 is 1.09 bits per heavy atom. The largest absolute Gasteiger partial charge is 0.466 e. The topological polar surface area (TPSA) is 143 Å². The summed E-state index contributed by atoms with van der Waals surface area (Å²) in [6, 6.07) is 10.7. The Kier molecular flexibility index (Phi) is 9.10. The molecule has 1 saturated heterocycles. The Balaban J connectivity index is 1.72. The molecule has 3 N–H and O–H groups in total. The highest BCUT2D eigenvalue weighted by atomic mass is 16.5. The summed E-state index contributed by atoms with van der Waals surface area (Å²) >= 11 is 0. The van der Waals surface area contributed by atoms with E-state index < -0.39 is 17.7 Å². The summed E-state index contributed by atoms with van der Waals surface area (Å²) in [7, 11) is 0. The summed E-state index contributed by atoms with van der Waals surface area (Å²) in [5, 5.41) is 8.32. The molecule has 1 unspecified atom stereocenters. The average molecular weight is 483 g/mol. The van der Waals surface area contributed by atoms with E-state index in [1.165, 1.54) is 17.9 Å². The number of anilines is 2. The smallest absolute Gasteiger partial charge is 0.315 e. The molecule has 11 heteroatoms. The van der Waals surface area contributed by atoms with Gasteiger partial charge in [0.1, 0.15) is 11.6 Å². The lowest BCUT2D eigenvalue weighted by Crippen LogP contribution is -2.47. The standard InChI is InChI=1S/C24H30N6O5/c1-3-35-24(34)18-10-7-13-30(15-18)23(33)22(32)29-20-14-19(26-12-11-25-16(2)31)27-21(28-20)17-8-5-4-6-9-17/h4-6,8-9,14,18H,3,7,10-13,15H2,1-2H3,(H,25,31)(H2,26,27,28,29,32). The van der Waals surface area contributed by atoms with E-state index in [0.29, 0.717) is 44.1 Å². The van der Waals surface area contributed by atoms with Crippen LogP contribution >= 0.6 is 0 Å². The highest BCUT2D eigenvalue weighted by molar-refractivity contribution is 6.39. The zero-order valence-corrected chi connectivity index (χ0v) is 19.9. The predicted molar refractivity (Wildman–Crippen MR) is 129 cm³/mol. The molecule has 186 valence electrons. The monoisotopic (exact) mass is 482 g/mol. The molecule has 3 rings (SSSR count). The fourth-order valence-corrected chi connectivity index (χ4v) is 3.67. The number of rotatable bonds is 8. The first-order valence-electron chi connectivity index (χ1n) is 11.6. The number of benzene rings is 1. The van der Waals surface area contributed by atoms with Crippen molar-refractivity contribution in [3.63, 3.8) is 0 Å². The second kappa shape index (κ2) is 12.4. The lowest BCUT2D eigenvalue weighted by atomic mass is 9.98. The lowest BCUT2D eigenvalue weighted by molar-refractivity contribution is -0.153. The van der Waals surface area contributed by atoms with Gasteiger partial charge in [-0.05, 0) is 19.8 Å². The Labute approximate surface area is 203 Å². The quantitative estimate of drug-likeness (QED) is 0.291. The first-order chi connectivity index (χ1) is 16.9. The molecule has 0 radical (unpaired) electrons. The maximum atomic E-state index is 12.8. The number of carbonyl (C=O) groups is 4. The molecule has 11 nitrogen and oxygen atoms in total. The summed E-state index contributed by atoms with van der Waals surface area (Å²) in [6.07, 6.45) is 1.22. The fraction of sp³-hybridized carbons (Fsp3) is 0.417. The molecule has 1 aliphatic rings.